The fraction of sp³-hybridized carbons (Fsp3) is 0.600. The molecule has 1 aliphatic rings. The lowest BCUT2D eigenvalue weighted by atomic mass is 9.94. The first-order chi connectivity index (χ1) is 8.24. The third-order valence-electron chi connectivity index (χ3n) is 3.86. The van der Waals surface area contributed by atoms with Crippen molar-refractivity contribution < 1.29 is 8.78 Å². The summed E-state index contributed by atoms with van der Waals surface area (Å²) in [6.45, 7) is 9.18. The second kappa shape index (κ2) is 4.30. The number of hydrogen-bond acceptors (Lipinski definition) is 1. The predicted octanol–water partition coefficient (Wildman–Crippen LogP) is 3.63. The summed E-state index contributed by atoms with van der Waals surface area (Å²) in [6.07, 6.45) is 0.913. The summed E-state index contributed by atoms with van der Waals surface area (Å²) in [5.74, 6) is -1.05. The number of benzene rings is 1. The smallest absolute Gasteiger partial charge is 0.162 e. The monoisotopic (exact) mass is 253 g/mol. The standard InChI is InChI=1S/C15H21F2N/c1-14(2,3)18-9-10-8-15(10,4)11-6-5-7-12(16)13(11)17/h5-7,10,18H,8-9H2,1-4H3. The molecule has 0 aliphatic heterocycles. The van der Waals surface area contributed by atoms with E-state index in [0.717, 1.165) is 13.0 Å². The van der Waals surface area contributed by atoms with Crippen LogP contribution in [0.5, 0.6) is 0 Å². The van der Waals surface area contributed by atoms with E-state index in [1.165, 1.54) is 6.07 Å². The molecule has 1 aromatic rings. The molecular weight excluding hydrogens is 232 g/mol. The van der Waals surface area contributed by atoms with E-state index < -0.39 is 11.6 Å². The highest BCUT2D eigenvalue weighted by molar-refractivity contribution is 5.34. The van der Waals surface area contributed by atoms with Crippen molar-refractivity contribution in [3.63, 3.8) is 0 Å². The maximum absolute atomic E-state index is 13.8. The molecule has 0 heterocycles. The van der Waals surface area contributed by atoms with Crippen molar-refractivity contribution in [1.82, 2.24) is 5.32 Å². The van der Waals surface area contributed by atoms with Crippen molar-refractivity contribution in [2.24, 2.45) is 5.92 Å². The van der Waals surface area contributed by atoms with Gasteiger partial charge < -0.3 is 5.32 Å². The molecule has 100 valence electrons. The highest BCUT2D eigenvalue weighted by Gasteiger charge is 2.52. The lowest BCUT2D eigenvalue weighted by molar-refractivity contribution is 0.403. The van der Waals surface area contributed by atoms with E-state index in [0.29, 0.717) is 11.5 Å². The van der Waals surface area contributed by atoms with Crippen LogP contribution in [-0.2, 0) is 5.41 Å². The minimum atomic E-state index is -0.747. The predicted molar refractivity (Wildman–Crippen MR) is 69.6 cm³/mol. The Bertz CT molecular complexity index is 450. The van der Waals surface area contributed by atoms with Gasteiger partial charge in [0.1, 0.15) is 0 Å². The Labute approximate surface area is 108 Å². The molecule has 3 heteroatoms. The SMILES string of the molecule is CC(C)(C)NCC1CC1(C)c1cccc(F)c1F. The maximum atomic E-state index is 13.8. The minimum absolute atomic E-state index is 0.0595. The van der Waals surface area contributed by atoms with E-state index in [4.69, 9.17) is 0 Å². The van der Waals surface area contributed by atoms with E-state index in [1.54, 1.807) is 12.1 Å². The van der Waals surface area contributed by atoms with Crippen LogP contribution in [0, 0.1) is 17.6 Å². The highest BCUT2D eigenvalue weighted by Crippen LogP contribution is 2.54. The molecule has 0 saturated heterocycles. The average molecular weight is 253 g/mol. The van der Waals surface area contributed by atoms with Gasteiger partial charge in [0.2, 0.25) is 0 Å². The van der Waals surface area contributed by atoms with Gasteiger partial charge in [-0.2, -0.15) is 0 Å². The van der Waals surface area contributed by atoms with Crippen LogP contribution >= 0.6 is 0 Å². The Morgan fingerprint density at radius 3 is 2.61 bits per heavy atom. The zero-order valence-corrected chi connectivity index (χ0v) is 11.5. The van der Waals surface area contributed by atoms with Crippen molar-refractivity contribution in [3.8, 4) is 0 Å². The van der Waals surface area contributed by atoms with Gasteiger partial charge in [-0.05, 0) is 56.7 Å². The molecule has 0 radical (unpaired) electrons. The van der Waals surface area contributed by atoms with E-state index in [1.807, 2.05) is 6.92 Å². The lowest BCUT2D eigenvalue weighted by Crippen LogP contribution is -2.38. The van der Waals surface area contributed by atoms with Crippen molar-refractivity contribution in [1.29, 1.82) is 0 Å². The van der Waals surface area contributed by atoms with Crippen LogP contribution in [0.2, 0.25) is 0 Å². The van der Waals surface area contributed by atoms with Gasteiger partial charge in [-0.1, -0.05) is 19.1 Å². The summed E-state index contributed by atoms with van der Waals surface area (Å²) < 4.78 is 27.0. The third-order valence-corrected chi connectivity index (χ3v) is 3.86. The zero-order valence-electron chi connectivity index (χ0n) is 11.5. The molecule has 18 heavy (non-hydrogen) atoms. The van der Waals surface area contributed by atoms with Gasteiger partial charge in [0.15, 0.2) is 11.6 Å². The molecular formula is C15H21F2N. The van der Waals surface area contributed by atoms with Crippen molar-refractivity contribution in [2.75, 3.05) is 6.54 Å². The summed E-state index contributed by atoms with van der Waals surface area (Å²) in [5, 5.41) is 3.43. The van der Waals surface area contributed by atoms with Crippen LogP contribution in [0.4, 0.5) is 8.78 Å². The Hall–Kier alpha value is -0.960. The summed E-state index contributed by atoms with van der Waals surface area (Å²) in [6, 6.07) is 4.47. The number of halogens is 2. The topological polar surface area (TPSA) is 12.0 Å². The molecule has 2 rings (SSSR count). The molecule has 0 spiro atoms. The molecule has 1 N–H and O–H groups in total. The first kappa shape index (κ1) is 13.5. The van der Waals surface area contributed by atoms with E-state index >= 15 is 0 Å². The van der Waals surface area contributed by atoms with Gasteiger partial charge in [-0.25, -0.2) is 8.78 Å². The number of nitrogens with one attached hydrogen (secondary N) is 1. The summed E-state index contributed by atoms with van der Waals surface area (Å²) in [5.41, 5.74) is 0.359. The number of rotatable bonds is 3. The molecule has 0 aromatic heterocycles. The lowest BCUT2D eigenvalue weighted by Gasteiger charge is -2.22. The largest absolute Gasteiger partial charge is 0.312 e. The van der Waals surface area contributed by atoms with Crippen molar-refractivity contribution in [3.05, 3.63) is 35.4 Å². The normalized spacial score (nSPS) is 27.3. The van der Waals surface area contributed by atoms with Gasteiger partial charge in [-0.3, -0.25) is 0 Å². The Morgan fingerprint density at radius 2 is 2.00 bits per heavy atom. The number of hydrogen-bond donors (Lipinski definition) is 1. The molecule has 1 fully saturated rings. The molecule has 1 aromatic carbocycles. The van der Waals surface area contributed by atoms with Crippen LogP contribution < -0.4 is 5.32 Å². The Balaban J connectivity index is 2.09. The summed E-state index contributed by atoms with van der Waals surface area (Å²) >= 11 is 0. The zero-order chi connectivity index (χ0) is 13.6. The van der Waals surface area contributed by atoms with Crippen LogP contribution in [-0.4, -0.2) is 12.1 Å². The minimum Gasteiger partial charge on any atom is -0.312 e. The Morgan fingerprint density at radius 1 is 1.33 bits per heavy atom. The molecule has 2 unspecified atom stereocenters. The summed E-state index contributed by atoms with van der Waals surface area (Å²) in [7, 11) is 0. The van der Waals surface area contributed by atoms with E-state index in [2.05, 4.69) is 26.1 Å². The van der Waals surface area contributed by atoms with Gasteiger partial charge >= 0.3 is 0 Å². The second-order valence-electron chi connectivity index (χ2n) is 6.55. The maximum Gasteiger partial charge on any atom is 0.162 e. The molecule has 1 saturated carbocycles. The first-order valence-corrected chi connectivity index (χ1v) is 6.43. The van der Waals surface area contributed by atoms with Crippen molar-refractivity contribution in [2.45, 2.75) is 45.1 Å². The van der Waals surface area contributed by atoms with Crippen LogP contribution in [0.3, 0.4) is 0 Å². The molecule has 2 atom stereocenters. The Kier molecular flexibility index (Phi) is 3.22. The van der Waals surface area contributed by atoms with Gasteiger partial charge in [0.05, 0.1) is 0 Å². The van der Waals surface area contributed by atoms with Crippen LogP contribution in [0.25, 0.3) is 0 Å². The van der Waals surface area contributed by atoms with Crippen molar-refractivity contribution >= 4 is 0 Å². The van der Waals surface area contributed by atoms with Crippen LogP contribution in [0.15, 0.2) is 18.2 Å². The quantitative estimate of drug-likeness (QED) is 0.867. The second-order valence-corrected chi connectivity index (χ2v) is 6.55. The third kappa shape index (κ3) is 2.56. The fourth-order valence-electron chi connectivity index (χ4n) is 2.45. The van der Waals surface area contributed by atoms with E-state index in [-0.39, 0.29) is 11.0 Å². The van der Waals surface area contributed by atoms with Gasteiger partial charge in [0.25, 0.3) is 0 Å². The van der Waals surface area contributed by atoms with E-state index in [9.17, 15) is 8.78 Å². The molecule has 0 bridgehead atoms. The molecule has 1 nitrogen and oxygen atoms in total. The highest BCUT2D eigenvalue weighted by atomic mass is 19.2. The van der Waals surface area contributed by atoms with Crippen LogP contribution in [0.1, 0.15) is 39.7 Å². The van der Waals surface area contributed by atoms with Gasteiger partial charge in [-0.15, -0.1) is 0 Å². The summed E-state index contributed by atoms with van der Waals surface area (Å²) in [4.78, 5) is 0. The molecule has 0 amide bonds. The average Bonchev–Trinajstić information content (AvgIpc) is 2.91. The first-order valence-electron chi connectivity index (χ1n) is 6.43. The fourth-order valence-corrected chi connectivity index (χ4v) is 2.45. The van der Waals surface area contributed by atoms with Gasteiger partial charge in [0, 0.05) is 5.54 Å². The molecule has 1 aliphatic carbocycles.